The summed E-state index contributed by atoms with van der Waals surface area (Å²) in [7, 11) is 0. The Morgan fingerprint density at radius 3 is 2.57 bits per heavy atom. The van der Waals surface area contributed by atoms with E-state index in [-0.39, 0.29) is 11.6 Å². The van der Waals surface area contributed by atoms with Crippen LogP contribution in [0, 0.1) is 11.7 Å². The van der Waals surface area contributed by atoms with E-state index in [4.69, 9.17) is 0 Å². The van der Waals surface area contributed by atoms with E-state index in [0.29, 0.717) is 5.92 Å². The van der Waals surface area contributed by atoms with Crippen molar-refractivity contribution in [1.29, 1.82) is 0 Å². The van der Waals surface area contributed by atoms with Crippen LogP contribution in [0.15, 0.2) is 24.3 Å². The van der Waals surface area contributed by atoms with Gasteiger partial charge in [0.25, 0.3) is 0 Å². The minimum absolute atomic E-state index is 0.170. The summed E-state index contributed by atoms with van der Waals surface area (Å²) in [6.45, 7) is 2.04. The van der Waals surface area contributed by atoms with Crippen LogP contribution in [0.4, 0.5) is 9.18 Å². The number of barbiturate groups is 1. The first-order valence-electron chi connectivity index (χ1n) is 6.90. The second kappa shape index (κ2) is 4.95. The maximum Gasteiger partial charge on any atom is 0.331 e. The van der Waals surface area contributed by atoms with Crippen molar-refractivity contribution < 1.29 is 18.8 Å². The van der Waals surface area contributed by atoms with E-state index in [2.05, 4.69) is 5.32 Å². The monoisotopic (exact) mass is 290 g/mol. The van der Waals surface area contributed by atoms with E-state index in [1.54, 1.807) is 0 Å². The predicted molar refractivity (Wildman–Crippen MR) is 71.7 cm³/mol. The van der Waals surface area contributed by atoms with Crippen molar-refractivity contribution in [3.05, 3.63) is 35.6 Å². The van der Waals surface area contributed by atoms with Gasteiger partial charge in [-0.25, -0.2) is 9.18 Å². The molecule has 5 nitrogen and oxygen atoms in total. The molecule has 1 heterocycles. The molecule has 1 saturated carbocycles. The maximum absolute atomic E-state index is 13.3. The summed E-state index contributed by atoms with van der Waals surface area (Å²) in [5.74, 6) is -2.48. The largest absolute Gasteiger partial charge is 0.331 e. The Bertz CT molecular complexity index is 625. The first-order chi connectivity index (χ1) is 9.97. The number of carbonyl (C=O) groups excluding carboxylic acids is 3. The summed E-state index contributed by atoms with van der Waals surface area (Å²) in [5.41, 5.74) is 0.266. The Morgan fingerprint density at radius 2 is 1.95 bits per heavy atom. The topological polar surface area (TPSA) is 66.5 Å². The van der Waals surface area contributed by atoms with Gasteiger partial charge >= 0.3 is 6.03 Å². The molecule has 3 rings (SSSR count). The van der Waals surface area contributed by atoms with Crippen molar-refractivity contribution in [3.63, 3.8) is 0 Å². The highest BCUT2D eigenvalue weighted by atomic mass is 19.1. The van der Waals surface area contributed by atoms with Gasteiger partial charge in [-0.15, -0.1) is 0 Å². The molecule has 2 aliphatic rings. The smallest absolute Gasteiger partial charge is 0.277 e. The molecule has 1 atom stereocenters. The molecule has 0 aromatic heterocycles. The van der Waals surface area contributed by atoms with Crippen molar-refractivity contribution in [2.24, 2.45) is 5.92 Å². The van der Waals surface area contributed by atoms with Gasteiger partial charge in [-0.2, -0.15) is 0 Å². The third kappa shape index (κ3) is 2.30. The molecule has 1 saturated heterocycles. The lowest BCUT2D eigenvalue weighted by atomic mass is 9.80. The molecule has 1 aromatic rings. The lowest BCUT2D eigenvalue weighted by Gasteiger charge is -2.43. The van der Waals surface area contributed by atoms with E-state index >= 15 is 0 Å². The molecule has 0 bridgehead atoms. The van der Waals surface area contributed by atoms with Crippen molar-refractivity contribution >= 4 is 17.8 Å². The van der Waals surface area contributed by atoms with Crippen molar-refractivity contribution in [2.45, 2.75) is 31.7 Å². The Hall–Kier alpha value is -2.24. The van der Waals surface area contributed by atoms with Crippen molar-refractivity contribution in [1.82, 2.24) is 10.2 Å². The number of nitrogens with zero attached hydrogens (tertiary/aromatic N) is 1. The number of urea groups is 1. The highest BCUT2D eigenvalue weighted by Gasteiger charge is 2.47. The van der Waals surface area contributed by atoms with Gasteiger partial charge in [0.05, 0.1) is 0 Å². The van der Waals surface area contributed by atoms with E-state index in [0.717, 1.165) is 23.8 Å². The molecule has 1 aliphatic carbocycles. The van der Waals surface area contributed by atoms with E-state index in [9.17, 15) is 18.8 Å². The minimum atomic E-state index is -1.16. The van der Waals surface area contributed by atoms with Crippen LogP contribution in [0.3, 0.4) is 0 Å². The normalized spacial score (nSPS) is 29.1. The highest BCUT2D eigenvalue weighted by molar-refractivity contribution is 6.19. The average molecular weight is 290 g/mol. The van der Waals surface area contributed by atoms with Crippen LogP contribution in [-0.4, -0.2) is 28.8 Å². The fourth-order valence-electron chi connectivity index (χ4n) is 2.99. The molecule has 0 spiro atoms. The lowest BCUT2D eigenvalue weighted by molar-refractivity contribution is -0.141. The van der Waals surface area contributed by atoms with Crippen molar-refractivity contribution in [2.75, 3.05) is 0 Å². The van der Waals surface area contributed by atoms with Gasteiger partial charge in [0.15, 0.2) is 0 Å². The van der Waals surface area contributed by atoms with Gasteiger partial charge in [-0.1, -0.05) is 19.1 Å². The second-order valence-electron chi connectivity index (χ2n) is 5.72. The number of imide groups is 2. The lowest BCUT2D eigenvalue weighted by Crippen LogP contribution is -2.62. The Balaban J connectivity index is 1.91. The number of rotatable bonds is 2. The van der Waals surface area contributed by atoms with Crippen molar-refractivity contribution in [3.8, 4) is 0 Å². The number of halogens is 1. The van der Waals surface area contributed by atoms with Gasteiger partial charge in [0, 0.05) is 6.04 Å². The third-order valence-electron chi connectivity index (χ3n) is 4.09. The maximum atomic E-state index is 13.3. The summed E-state index contributed by atoms with van der Waals surface area (Å²) in [6, 6.07) is 4.51. The number of carbonyl (C=O) groups is 3. The Morgan fingerprint density at radius 1 is 1.24 bits per heavy atom. The molecule has 1 aromatic carbocycles. The molecule has 1 unspecified atom stereocenters. The van der Waals surface area contributed by atoms with Gasteiger partial charge < -0.3 is 0 Å². The van der Waals surface area contributed by atoms with E-state index in [1.807, 2.05) is 6.92 Å². The number of hydrogen-bond donors (Lipinski definition) is 1. The fourth-order valence-corrected chi connectivity index (χ4v) is 2.99. The molecule has 0 radical (unpaired) electrons. The zero-order valence-electron chi connectivity index (χ0n) is 11.5. The van der Waals surface area contributed by atoms with Crippen LogP contribution in [0.1, 0.15) is 31.2 Å². The molecule has 110 valence electrons. The van der Waals surface area contributed by atoms with Crippen LogP contribution in [0.5, 0.6) is 0 Å². The summed E-state index contributed by atoms with van der Waals surface area (Å²) < 4.78 is 13.3. The zero-order valence-corrected chi connectivity index (χ0v) is 11.5. The van der Waals surface area contributed by atoms with Crippen LogP contribution >= 0.6 is 0 Å². The first kappa shape index (κ1) is 13.7. The second-order valence-corrected chi connectivity index (χ2v) is 5.72. The summed E-state index contributed by atoms with van der Waals surface area (Å²) in [5, 5.41) is 2.20. The third-order valence-corrected chi connectivity index (χ3v) is 4.09. The van der Waals surface area contributed by atoms with E-state index in [1.165, 1.54) is 18.2 Å². The van der Waals surface area contributed by atoms with Crippen LogP contribution in [0.2, 0.25) is 0 Å². The van der Waals surface area contributed by atoms with Gasteiger partial charge in [-0.3, -0.25) is 19.8 Å². The molecular weight excluding hydrogens is 275 g/mol. The number of hydrogen-bond acceptors (Lipinski definition) is 3. The minimum Gasteiger partial charge on any atom is -0.277 e. The Labute approximate surface area is 121 Å². The summed E-state index contributed by atoms with van der Waals surface area (Å²) in [4.78, 5) is 37.5. The fraction of sp³-hybridized carbons (Fsp3) is 0.400. The van der Waals surface area contributed by atoms with Crippen LogP contribution in [-0.2, 0) is 9.59 Å². The number of nitrogens with one attached hydrogen (secondary N) is 1. The predicted octanol–water partition coefficient (Wildman–Crippen LogP) is 1.79. The van der Waals surface area contributed by atoms with Gasteiger partial charge in [0.2, 0.25) is 11.8 Å². The average Bonchev–Trinajstić information content (AvgIpc) is 2.36. The quantitative estimate of drug-likeness (QED) is 0.844. The molecule has 1 N–H and O–H groups in total. The molecular formula is C15H15FN2O3. The van der Waals surface area contributed by atoms with Gasteiger partial charge in [0.1, 0.15) is 11.7 Å². The van der Waals surface area contributed by atoms with Crippen LogP contribution in [0.25, 0.3) is 0 Å². The molecule has 6 heteroatoms. The molecule has 2 fully saturated rings. The number of benzene rings is 1. The van der Waals surface area contributed by atoms with E-state index < -0.39 is 29.6 Å². The standard InChI is InChI=1S/C15H15FN2O3/c1-8-5-11(6-8)18-14(20)12(13(19)17-15(18)21)9-3-2-4-10(16)7-9/h2-4,7-8,11-12H,5-6H2,1H3,(H,17,19,21). The van der Waals surface area contributed by atoms with Gasteiger partial charge in [-0.05, 0) is 36.5 Å². The molecule has 1 aliphatic heterocycles. The highest BCUT2D eigenvalue weighted by Crippen LogP contribution is 2.34. The number of amides is 4. The summed E-state index contributed by atoms with van der Waals surface area (Å²) in [6.07, 6.45) is 1.48. The van der Waals surface area contributed by atoms with Crippen LogP contribution < -0.4 is 5.32 Å². The molecule has 21 heavy (non-hydrogen) atoms. The summed E-state index contributed by atoms with van der Waals surface area (Å²) >= 11 is 0. The zero-order chi connectivity index (χ0) is 15.1. The molecule has 4 amide bonds. The first-order valence-corrected chi connectivity index (χ1v) is 6.90. The SMILES string of the molecule is CC1CC(N2C(=O)NC(=O)C(c3cccc(F)c3)C2=O)C1. The Kier molecular flexibility index (Phi) is 3.23.